The van der Waals surface area contributed by atoms with Crippen LogP contribution in [0.2, 0.25) is 0 Å². The number of piperidine rings is 1. The van der Waals surface area contributed by atoms with Crippen molar-refractivity contribution in [3.05, 3.63) is 106 Å². The average Bonchev–Trinajstić information content (AvgIpc) is 3.60. The van der Waals surface area contributed by atoms with Crippen LogP contribution in [-0.2, 0) is 12.7 Å². The van der Waals surface area contributed by atoms with Gasteiger partial charge in [-0.25, -0.2) is 9.37 Å². The van der Waals surface area contributed by atoms with Gasteiger partial charge in [-0.1, -0.05) is 36.4 Å². The van der Waals surface area contributed by atoms with Crippen molar-refractivity contribution in [2.45, 2.75) is 37.5 Å². The van der Waals surface area contributed by atoms with Gasteiger partial charge in [0.2, 0.25) is 0 Å². The molecule has 3 heterocycles. The number of carbonyl (C=O) groups excluding carboxylic acids is 1. The Balaban J connectivity index is 1.33. The molecule has 1 fully saturated rings. The number of methoxy groups -OCH3 is 1. The molecule has 0 bridgehead atoms. The molecule has 1 N–H and O–H groups in total. The number of imidazole rings is 1. The second kappa shape index (κ2) is 10.9. The standard InChI is InChI=1S/C32H30F4N4O2/c1-39-13-11-21(12-14-39)19-3-5-20(6-4-19)22-7-8-23-18-40(31(41)25(23)15-22)29(26-16-24(33)9-10-27(26)42-2)30-37-17-28(38-30)32(34,35)36/h3-10,15-17,21,29H,11-14,18H2,1-2H3,(H,37,38). The second-order valence-corrected chi connectivity index (χ2v) is 11.0. The van der Waals surface area contributed by atoms with Crippen molar-refractivity contribution in [2.24, 2.45) is 0 Å². The van der Waals surface area contributed by atoms with Crippen molar-refractivity contribution in [3.8, 4) is 16.9 Å². The van der Waals surface area contributed by atoms with Crippen molar-refractivity contribution in [1.29, 1.82) is 0 Å². The highest BCUT2D eigenvalue weighted by Gasteiger charge is 2.40. The molecule has 218 valence electrons. The number of halogens is 4. The maximum absolute atomic E-state index is 14.4. The monoisotopic (exact) mass is 578 g/mol. The largest absolute Gasteiger partial charge is 0.496 e. The highest BCUT2D eigenvalue weighted by Crippen LogP contribution is 2.41. The van der Waals surface area contributed by atoms with E-state index in [1.54, 1.807) is 0 Å². The minimum atomic E-state index is -4.67. The third kappa shape index (κ3) is 5.27. The predicted molar refractivity (Wildman–Crippen MR) is 150 cm³/mol. The van der Waals surface area contributed by atoms with Gasteiger partial charge >= 0.3 is 6.18 Å². The molecular formula is C32H30F4N4O2. The van der Waals surface area contributed by atoms with E-state index in [-0.39, 0.29) is 23.7 Å². The molecule has 2 aliphatic heterocycles. The van der Waals surface area contributed by atoms with Crippen LogP contribution in [0.3, 0.4) is 0 Å². The molecule has 6 nitrogen and oxygen atoms in total. The molecule has 2 aliphatic rings. The number of hydrogen-bond acceptors (Lipinski definition) is 4. The molecule has 6 rings (SSSR count). The van der Waals surface area contributed by atoms with E-state index >= 15 is 0 Å². The fourth-order valence-electron chi connectivity index (χ4n) is 6.00. The SMILES string of the molecule is COc1ccc(F)cc1C(c1ncc(C(F)(F)F)[nH]1)N1Cc2ccc(-c3ccc(C4CCN(C)CC4)cc3)cc2C1=O. The molecule has 0 spiro atoms. The van der Waals surface area contributed by atoms with Crippen molar-refractivity contribution >= 4 is 5.91 Å². The van der Waals surface area contributed by atoms with Crippen LogP contribution < -0.4 is 4.74 Å². The number of aromatic nitrogens is 2. The Kier molecular flexibility index (Phi) is 7.26. The highest BCUT2D eigenvalue weighted by atomic mass is 19.4. The van der Waals surface area contributed by atoms with Gasteiger partial charge in [0, 0.05) is 17.7 Å². The number of nitrogens with zero attached hydrogens (tertiary/aromatic N) is 3. The molecular weight excluding hydrogens is 548 g/mol. The van der Waals surface area contributed by atoms with Crippen LogP contribution in [0, 0.1) is 5.82 Å². The molecule has 10 heteroatoms. The van der Waals surface area contributed by atoms with E-state index in [0.717, 1.165) is 48.7 Å². The number of likely N-dealkylation sites (tertiary alicyclic amines) is 1. The summed E-state index contributed by atoms with van der Waals surface area (Å²) in [6.07, 6.45) is -1.75. The predicted octanol–water partition coefficient (Wildman–Crippen LogP) is 6.80. The lowest BCUT2D eigenvalue weighted by atomic mass is 9.88. The van der Waals surface area contributed by atoms with Gasteiger partial charge in [0.05, 0.1) is 13.3 Å². The summed E-state index contributed by atoms with van der Waals surface area (Å²) >= 11 is 0. The Labute approximate surface area is 240 Å². The first-order chi connectivity index (χ1) is 20.1. The summed E-state index contributed by atoms with van der Waals surface area (Å²) in [7, 11) is 3.52. The maximum atomic E-state index is 14.4. The molecule has 0 saturated carbocycles. The molecule has 3 aromatic carbocycles. The zero-order chi connectivity index (χ0) is 29.6. The summed E-state index contributed by atoms with van der Waals surface area (Å²) in [5, 5.41) is 0. The van der Waals surface area contributed by atoms with Gasteiger partial charge in [-0.3, -0.25) is 4.79 Å². The van der Waals surface area contributed by atoms with Crippen LogP contribution in [0.5, 0.6) is 5.75 Å². The topological polar surface area (TPSA) is 61.5 Å². The Hall–Kier alpha value is -4.18. The number of alkyl halides is 3. The third-order valence-electron chi connectivity index (χ3n) is 8.33. The van der Waals surface area contributed by atoms with Crippen molar-refractivity contribution in [3.63, 3.8) is 0 Å². The van der Waals surface area contributed by atoms with Gasteiger partial charge in [0.15, 0.2) is 0 Å². The van der Waals surface area contributed by atoms with E-state index in [2.05, 4.69) is 46.2 Å². The van der Waals surface area contributed by atoms with Crippen molar-refractivity contribution in [2.75, 3.05) is 27.2 Å². The third-order valence-corrected chi connectivity index (χ3v) is 8.33. The first kappa shape index (κ1) is 28.0. The van der Waals surface area contributed by atoms with E-state index in [1.165, 1.54) is 29.7 Å². The van der Waals surface area contributed by atoms with Crippen molar-refractivity contribution in [1.82, 2.24) is 19.8 Å². The van der Waals surface area contributed by atoms with Gasteiger partial charge in [-0.15, -0.1) is 0 Å². The minimum Gasteiger partial charge on any atom is -0.496 e. The van der Waals surface area contributed by atoms with Crippen LogP contribution in [-0.4, -0.2) is 52.9 Å². The summed E-state index contributed by atoms with van der Waals surface area (Å²) < 4.78 is 60.2. The second-order valence-electron chi connectivity index (χ2n) is 11.0. The number of carbonyl (C=O) groups is 1. The number of fused-ring (bicyclic) bond motifs is 1. The zero-order valence-electron chi connectivity index (χ0n) is 23.2. The number of ether oxygens (including phenoxy) is 1. The number of hydrogen-bond donors (Lipinski definition) is 1. The quantitative estimate of drug-likeness (QED) is 0.256. The van der Waals surface area contributed by atoms with Gasteiger partial charge in [0.25, 0.3) is 5.91 Å². The van der Waals surface area contributed by atoms with E-state index in [1.807, 2.05) is 18.2 Å². The molecule has 1 saturated heterocycles. The molecule has 0 radical (unpaired) electrons. The lowest BCUT2D eigenvalue weighted by Crippen LogP contribution is -2.31. The molecule has 4 aromatic rings. The smallest absolute Gasteiger partial charge is 0.432 e. The molecule has 1 unspecified atom stereocenters. The molecule has 1 aromatic heterocycles. The van der Waals surface area contributed by atoms with Crippen LogP contribution in [0.15, 0.2) is 66.9 Å². The maximum Gasteiger partial charge on any atom is 0.432 e. The van der Waals surface area contributed by atoms with Gasteiger partial charge < -0.3 is 19.5 Å². The number of nitrogens with one attached hydrogen (secondary N) is 1. The first-order valence-electron chi connectivity index (χ1n) is 13.8. The highest BCUT2D eigenvalue weighted by molar-refractivity contribution is 6.00. The molecule has 42 heavy (non-hydrogen) atoms. The van der Waals surface area contributed by atoms with Crippen LogP contribution >= 0.6 is 0 Å². The Bertz CT molecular complexity index is 1610. The summed E-state index contributed by atoms with van der Waals surface area (Å²) in [5.41, 5.74) is 3.41. The molecule has 1 atom stereocenters. The molecule has 0 aliphatic carbocycles. The lowest BCUT2D eigenvalue weighted by molar-refractivity contribution is -0.141. The Morgan fingerprint density at radius 2 is 1.71 bits per heavy atom. The van der Waals surface area contributed by atoms with Crippen LogP contribution in [0.4, 0.5) is 17.6 Å². The van der Waals surface area contributed by atoms with E-state index in [9.17, 15) is 22.4 Å². The fourth-order valence-corrected chi connectivity index (χ4v) is 6.00. The number of benzene rings is 3. The first-order valence-corrected chi connectivity index (χ1v) is 13.8. The van der Waals surface area contributed by atoms with Crippen LogP contribution in [0.1, 0.15) is 63.4 Å². The van der Waals surface area contributed by atoms with E-state index in [0.29, 0.717) is 17.7 Å². The average molecular weight is 579 g/mol. The Morgan fingerprint density at radius 1 is 1.00 bits per heavy atom. The minimum absolute atomic E-state index is 0.107. The number of amides is 1. The zero-order valence-corrected chi connectivity index (χ0v) is 23.2. The summed E-state index contributed by atoms with van der Waals surface area (Å²) in [6.45, 7) is 2.26. The van der Waals surface area contributed by atoms with E-state index < -0.39 is 29.6 Å². The normalized spacial score (nSPS) is 17.0. The van der Waals surface area contributed by atoms with Gasteiger partial charge in [-0.2, -0.15) is 13.2 Å². The lowest BCUT2D eigenvalue weighted by Gasteiger charge is -2.29. The van der Waals surface area contributed by atoms with Gasteiger partial charge in [-0.05, 0) is 85.4 Å². The number of aromatic amines is 1. The van der Waals surface area contributed by atoms with Gasteiger partial charge in [0.1, 0.15) is 29.1 Å². The summed E-state index contributed by atoms with van der Waals surface area (Å²) in [5.74, 6) is -0.399. The van der Waals surface area contributed by atoms with E-state index in [4.69, 9.17) is 4.74 Å². The van der Waals surface area contributed by atoms with Crippen LogP contribution in [0.25, 0.3) is 11.1 Å². The molecule has 1 amide bonds. The van der Waals surface area contributed by atoms with Crippen molar-refractivity contribution < 1.29 is 27.1 Å². The number of H-pyrrole nitrogens is 1. The fraction of sp³-hybridized carbons (Fsp3) is 0.312. The Morgan fingerprint density at radius 3 is 2.38 bits per heavy atom. The summed E-state index contributed by atoms with van der Waals surface area (Å²) in [4.78, 5) is 23.9. The summed E-state index contributed by atoms with van der Waals surface area (Å²) in [6, 6.07) is 16.6. The number of rotatable bonds is 6.